The van der Waals surface area contributed by atoms with E-state index < -0.39 is 66.5 Å². The van der Waals surface area contributed by atoms with Gasteiger partial charge in [0.05, 0.1) is 6.10 Å². The Morgan fingerprint density at radius 1 is 1.23 bits per heavy atom. The van der Waals surface area contributed by atoms with Crippen LogP contribution in [0.2, 0.25) is 0 Å². The van der Waals surface area contributed by atoms with Crippen LogP contribution in [0.3, 0.4) is 0 Å². The number of nitrogens with one attached hydrogen (secondary N) is 2. The monoisotopic (exact) mass is 569 g/mol. The van der Waals surface area contributed by atoms with Gasteiger partial charge in [-0.2, -0.15) is 5.09 Å². The average molecular weight is 569 g/mol. The van der Waals surface area contributed by atoms with Crippen LogP contribution < -0.4 is 20.9 Å². The molecule has 0 radical (unpaired) electrons. The third-order valence-electron chi connectivity index (χ3n) is 6.40. The number of fused-ring (bicyclic) bond motifs is 1. The second-order valence-corrected chi connectivity index (χ2v) is 11.3. The van der Waals surface area contributed by atoms with Gasteiger partial charge in [0, 0.05) is 12.3 Å². The molecule has 15 heteroatoms. The molecule has 1 aliphatic heterocycles. The van der Waals surface area contributed by atoms with Crippen LogP contribution in [0.15, 0.2) is 64.3 Å². The molecule has 212 valence electrons. The molecule has 2 heterocycles. The van der Waals surface area contributed by atoms with E-state index in [0.717, 1.165) is 12.3 Å². The van der Waals surface area contributed by atoms with Crippen LogP contribution in [0.4, 0.5) is 4.39 Å². The zero-order valence-electron chi connectivity index (χ0n) is 21.5. The van der Waals surface area contributed by atoms with Crippen molar-refractivity contribution >= 4 is 13.7 Å². The number of aromatic amines is 1. The van der Waals surface area contributed by atoms with E-state index in [4.69, 9.17) is 18.5 Å². The van der Waals surface area contributed by atoms with Crippen molar-refractivity contribution in [2.24, 2.45) is 0 Å². The molecule has 3 unspecified atom stereocenters. The van der Waals surface area contributed by atoms with E-state index >= 15 is 4.39 Å². The van der Waals surface area contributed by atoms with Gasteiger partial charge in [0.2, 0.25) is 0 Å². The number of esters is 1. The molecule has 7 atom stereocenters. The first-order valence-electron chi connectivity index (χ1n) is 11.9. The van der Waals surface area contributed by atoms with Crippen LogP contribution >= 0.6 is 7.75 Å². The maximum absolute atomic E-state index is 16.2. The molecule has 1 saturated heterocycles. The molecule has 1 aromatic carbocycles. The summed E-state index contributed by atoms with van der Waals surface area (Å²) in [5, 5.41) is 25.4. The lowest BCUT2D eigenvalue weighted by atomic mass is 9.86. The van der Waals surface area contributed by atoms with Crippen molar-refractivity contribution in [3.05, 3.63) is 75.6 Å². The van der Waals surface area contributed by atoms with E-state index in [9.17, 15) is 29.2 Å². The van der Waals surface area contributed by atoms with E-state index in [1.54, 1.807) is 32.0 Å². The van der Waals surface area contributed by atoms with E-state index in [0.29, 0.717) is 4.57 Å². The minimum atomic E-state index is -4.71. The van der Waals surface area contributed by atoms with Gasteiger partial charge in [-0.25, -0.2) is 13.8 Å². The Kier molecular flexibility index (Phi) is 7.26. The average Bonchev–Trinajstić information content (AvgIpc) is 3.21. The molecule has 4 rings (SSSR count). The zero-order chi connectivity index (χ0) is 29.0. The Balaban J connectivity index is 1.69. The van der Waals surface area contributed by atoms with E-state index in [1.165, 1.54) is 26.0 Å². The van der Waals surface area contributed by atoms with Crippen molar-refractivity contribution in [2.75, 3.05) is 0 Å². The largest absolute Gasteiger partial charge is 0.462 e. The van der Waals surface area contributed by atoms with Gasteiger partial charge >= 0.3 is 19.4 Å². The Bertz CT molecular complexity index is 1450. The molecule has 2 aliphatic rings. The zero-order valence-corrected chi connectivity index (χ0v) is 22.4. The predicted molar refractivity (Wildman–Crippen MR) is 133 cm³/mol. The van der Waals surface area contributed by atoms with Crippen molar-refractivity contribution in [2.45, 2.75) is 69.2 Å². The van der Waals surface area contributed by atoms with Crippen LogP contribution in [0, 0.1) is 0 Å². The van der Waals surface area contributed by atoms with Crippen LogP contribution in [0.1, 0.15) is 33.9 Å². The van der Waals surface area contributed by atoms with Gasteiger partial charge in [0.25, 0.3) is 11.4 Å². The summed E-state index contributed by atoms with van der Waals surface area (Å²) in [6, 6.07) is 7.25. The van der Waals surface area contributed by atoms with E-state index in [1.807, 2.05) is 4.98 Å². The minimum absolute atomic E-state index is 0.0113. The molecular weight excluding hydrogens is 540 g/mol. The van der Waals surface area contributed by atoms with Crippen LogP contribution in [-0.4, -0.2) is 61.0 Å². The van der Waals surface area contributed by atoms with E-state index in [2.05, 4.69) is 11.7 Å². The SMILES string of the molecule is C=C(C)[C@]1(O)[C@H](n2ccc(=O)[nH]c2=O)O[C@]2(F)C(OP(=O)(NC(C)C(=O)OC(C)C)Oc3ccccc3)[C@@]21O. The molecule has 0 spiro atoms. The number of rotatable bonds is 10. The second-order valence-electron chi connectivity index (χ2n) is 9.67. The Morgan fingerprint density at radius 2 is 1.87 bits per heavy atom. The van der Waals surface area contributed by atoms with Crippen molar-refractivity contribution in [3.8, 4) is 5.75 Å². The maximum Gasteiger partial charge on any atom is 0.460 e. The summed E-state index contributed by atoms with van der Waals surface area (Å²) in [6.07, 6.45) is -3.59. The second kappa shape index (κ2) is 9.81. The van der Waals surface area contributed by atoms with Crippen LogP contribution in [-0.2, 0) is 23.4 Å². The normalized spacial score (nSPS) is 31.7. The third kappa shape index (κ3) is 4.66. The molecule has 2 fully saturated rings. The molecule has 1 aromatic heterocycles. The number of aliphatic hydroxyl groups is 2. The van der Waals surface area contributed by atoms with E-state index in [-0.39, 0.29) is 11.3 Å². The summed E-state index contributed by atoms with van der Waals surface area (Å²) in [7, 11) is -4.71. The molecule has 1 saturated carbocycles. The molecule has 0 bridgehead atoms. The number of halogens is 1. The first-order chi connectivity index (χ1) is 18.1. The van der Waals surface area contributed by atoms with Gasteiger partial charge in [0.1, 0.15) is 11.8 Å². The molecule has 1 aliphatic carbocycles. The van der Waals surface area contributed by atoms with Crippen LogP contribution in [0.5, 0.6) is 5.75 Å². The molecule has 13 nitrogen and oxygen atoms in total. The van der Waals surface area contributed by atoms with Crippen molar-refractivity contribution < 1.29 is 42.5 Å². The number of ether oxygens (including phenoxy) is 2. The summed E-state index contributed by atoms with van der Waals surface area (Å²) < 4.78 is 52.1. The van der Waals surface area contributed by atoms with Crippen molar-refractivity contribution in [3.63, 3.8) is 0 Å². The number of carbonyl (C=O) groups excluding carboxylic acids is 1. The number of alkyl halides is 1. The van der Waals surface area contributed by atoms with Crippen molar-refractivity contribution in [1.82, 2.24) is 14.6 Å². The number of hydrogen-bond acceptors (Lipinski definition) is 10. The number of nitrogens with zero attached hydrogens (tertiary/aromatic N) is 1. The van der Waals surface area contributed by atoms with Gasteiger partial charge in [0.15, 0.2) is 23.5 Å². The van der Waals surface area contributed by atoms with Crippen molar-refractivity contribution in [1.29, 1.82) is 0 Å². The Labute approximate surface area is 221 Å². The topological polar surface area (TPSA) is 178 Å². The highest BCUT2D eigenvalue weighted by Crippen LogP contribution is 2.73. The number of hydrogen-bond donors (Lipinski definition) is 4. The van der Waals surface area contributed by atoms with Gasteiger partial charge in [-0.1, -0.05) is 24.8 Å². The number of para-hydroxylation sites is 1. The maximum atomic E-state index is 16.2. The predicted octanol–water partition coefficient (Wildman–Crippen LogP) is 1.29. The smallest absolute Gasteiger partial charge is 0.460 e. The van der Waals surface area contributed by atoms with Gasteiger partial charge in [-0.3, -0.25) is 23.7 Å². The van der Waals surface area contributed by atoms with Crippen LogP contribution in [0.25, 0.3) is 0 Å². The van der Waals surface area contributed by atoms with Gasteiger partial charge < -0.3 is 24.2 Å². The highest BCUT2D eigenvalue weighted by atomic mass is 31.2. The first-order valence-corrected chi connectivity index (χ1v) is 13.4. The minimum Gasteiger partial charge on any atom is -0.462 e. The number of benzene rings is 1. The molecule has 39 heavy (non-hydrogen) atoms. The number of H-pyrrole nitrogens is 1. The number of aromatic nitrogens is 2. The highest BCUT2D eigenvalue weighted by Gasteiger charge is 2.97. The number of carbonyl (C=O) groups is 1. The lowest BCUT2D eigenvalue weighted by molar-refractivity contribution is -0.174. The molecular formula is C24H29FN3O10P. The molecule has 2 aromatic rings. The Hall–Kier alpha value is -3.13. The van der Waals surface area contributed by atoms with Gasteiger partial charge in [-0.15, -0.1) is 0 Å². The summed E-state index contributed by atoms with van der Waals surface area (Å²) in [5.74, 6) is -4.03. The fraction of sp³-hybridized carbons (Fsp3) is 0.458. The summed E-state index contributed by atoms with van der Waals surface area (Å²) in [5.41, 5.74) is -7.71. The highest BCUT2D eigenvalue weighted by molar-refractivity contribution is 7.52. The quantitative estimate of drug-likeness (QED) is 0.184. The first kappa shape index (κ1) is 28.9. The molecule has 4 N–H and O–H groups in total. The van der Waals surface area contributed by atoms with Gasteiger partial charge in [-0.05, 0) is 45.4 Å². The summed E-state index contributed by atoms with van der Waals surface area (Å²) in [6.45, 7) is 9.37. The third-order valence-corrected chi connectivity index (χ3v) is 8.04. The summed E-state index contributed by atoms with van der Waals surface area (Å²) >= 11 is 0. The lowest BCUT2D eigenvalue weighted by Crippen LogP contribution is -2.54. The molecule has 0 amide bonds. The fourth-order valence-corrected chi connectivity index (χ4v) is 6.13. The fourth-order valence-electron chi connectivity index (χ4n) is 4.43. The standard InChI is InChI=1S/C24H29FN3O10P/c1-13(2)22(32)20(28-12-11-17(29)26-21(28)31)36-24(25)19(23(22,24)33)38-39(34,37-16-9-7-6-8-10-16)27-15(5)18(30)35-14(3)4/h6-12,14-15,19-20,32-33H,1H2,2-5H3,(H,27,34)(H,26,29,31)/t15?,19?,20-,22+,23+,24-,39?/m1/s1. The summed E-state index contributed by atoms with van der Waals surface area (Å²) in [4.78, 5) is 38.2. The Morgan fingerprint density at radius 3 is 2.44 bits per heavy atom. The lowest BCUT2D eigenvalue weighted by Gasteiger charge is -2.36.